The number of nitrogens with one attached hydrogen (secondary N) is 1. The monoisotopic (exact) mass is 386 g/mol. The van der Waals surface area contributed by atoms with Crippen molar-refractivity contribution in [1.82, 2.24) is 4.90 Å². The van der Waals surface area contributed by atoms with Crippen molar-refractivity contribution in [2.75, 3.05) is 25.5 Å². The smallest absolute Gasteiger partial charge is 0.339 e. The SMILES string of the molecule is COC(=O)c1ccccc1NC(=O)CCN(CCc1ccccc1F)C(C)=O. The maximum atomic E-state index is 13.7. The number of hydrogen-bond acceptors (Lipinski definition) is 4. The zero-order valence-corrected chi connectivity index (χ0v) is 15.9. The molecule has 0 unspecified atom stereocenters. The highest BCUT2D eigenvalue weighted by atomic mass is 19.1. The third kappa shape index (κ3) is 5.90. The Hall–Kier alpha value is -3.22. The van der Waals surface area contributed by atoms with Crippen LogP contribution in [0, 0.1) is 5.82 Å². The number of amides is 2. The Kier molecular flexibility index (Phi) is 7.68. The minimum absolute atomic E-state index is 0.0480. The van der Waals surface area contributed by atoms with Gasteiger partial charge in [-0.25, -0.2) is 9.18 Å². The number of para-hydroxylation sites is 1. The lowest BCUT2D eigenvalue weighted by atomic mass is 10.1. The molecule has 2 aromatic rings. The van der Waals surface area contributed by atoms with E-state index in [1.54, 1.807) is 42.5 Å². The van der Waals surface area contributed by atoms with Crippen LogP contribution >= 0.6 is 0 Å². The third-order valence-corrected chi connectivity index (χ3v) is 4.27. The molecule has 0 saturated heterocycles. The Bertz CT molecular complexity index is 854. The van der Waals surface area contributed by atoms with Gasteiger partial charge in [0.15, 0.2) is 0 Å². The van der Waals surface area contributed by atoms with Gasteiger partial charge in [-0.2, -0.15) is 0 Å². The summed E-state index contributed by atoms with van der Waals surface area (Å²) in [6.07, 6.45) is 0.408. The van der Waals surface area contributed by atoms with Gasteiger partial charge in [0.2, 0.25) is 11.8 Å². The summed E-state index contributed by atoms with van der Waals surface area (Å²) in [5.74, 6) is -1.40. The summed E-state index contributed by atoms with van der Waals surface area (Å²) >= 11 is 0. The first kappa shape index (κ1) is 21.1. The summed E-state index contributed by atoms with van der Waals surface area (Å²) < 4.78 is 18.4. The second kappa shape index (κ2) is 10.2. The summed E-state index contributed by atoms with van der Waals surface area (Å²) in [5, 5.41) is 2.67. The molecule has 7 heteroatoms. The molecule has 1 N–H and O–H groups in total. The van der Waals surface area contributed by atoms with Crippen molar-refractivity contribution in [3.05, 3.63) is 65.5 Å². The van der Waals surface area contributed by atoms with Crippen molar-refractivity contribution in [1.29, 1.82) is 0 Å². The van der Waals surface area contributed by atoms with E-state index in [1.165, 1.54) is 25.0 Å². The molecule has 0 saturated carbocycles. The van der Waals surface area contributed by atoms with Crippen LogP contribution in [-0.2, 0) is 20.7 Å². The van der Waals surface area contributed by atoms with Gasteiger partial charge < -0.3 is 15.0 Å². The molecule has 2 aromatic carbocycles. The molecular formula is C21H23FN2O4. The number of esters is 1. The first-order chi connectivity index (χ1) is 13.4. The number of halogens is 1. The highest BCUT2D eigenvalue weighted by molar-refractivity contribution is 6.01. The van der Waals surface area contributed by atoms with Gasteiger partial charge in [0.25, 0.3) is 0 Å². The zero-order chi connectivity index (χ0) is 20.5. The molecule has 2 rings (SSSR count). The maximum absolute atomic E-state index is 13.7. The molecule has 0 spiro atoms. The lowest BCUT2D eigenvalue weighted by Crippen LogP contribution is -2.34. The Morgan fingerprint density at radius 2 is 1.71 bits per heavy atom. The molecule has 0 aliphatic carbocycles. The van der Waals surface area contributed by atoms with Crippen LogP contribution in [0.4, 0.5) is 10.1 Å². The van der Waals surface area contributed by atoms with Crippen molar-refractivity contribution < 1.29 is 23.5 Å². The van der Waals surface area contributed by atoms with E-state index in [4.69, 9.17) is 4.74 Å². The molecule has 0 fully saturated rings. The second-order valence-electron chi connectivity index (χ2n) is 6.18. The van der Waals surface area contributed by atoms with Crippen molar-refractivity contribution in [3.63, 3.8) is 0 Å². The molecule has 0 heterocycles. The summed E-state index contributed by atoms with van der Waals surface area (Å²) in [5.41, 5.74) is 1.12. The number of ether oxygens (including phenoxy) is 1. The van der Waals surface area contributed by atoms with E-state index in [9.17, 15) is 18.8 Å². The zero-order valence-electron chi connectivity index (χ0n) is 15.9. The molecule has 0 bridgehead atoms. The number of methoxy groups -OCH3 is 1. The van der Waals surface area contributed by atoms with Gasteiger partial charge in [-0.05, 0) is 30.2 Å². The maximum Gasteiger partial charge on any atom is 0.339 e. The number of anilines is 1. The number of nitrogens with zero attached hydrogens (tertiary/aromatic N) is 1. The number of hydrogen-bond donors (Lipinski definition) is 1. The van der Waals surface area contributed by atoms with E-state index in [0.29, 0.717) is 24.2 Å². The van der Waals surface area contributed by atoms with E-state index in [0.717, 1.165) is 0 Å². The molecule has 0 aromatic heterocycles. The summed E-state index contributed by atoms with van der Waals surface area (Å²) in [6, 6.07) is 12.9. The predicted octanol–water partition coefficient (Wildman–Crippen LogP) is 3.03. The van der Waals surface area contributed by atoms with Gasteiger partial charge in [0, 0.05) is 26.4 Å². The highest BCUT2D eigenvalue weighted by Gasteiger charge is 2.15. The van der Waals surface area contributed by atoms with Crippen LogP contribution in [0.2, 0.25) is 0 Å². The van der Waals surface area contributed by atoms with Crippen LogP contribution in [0.5, 0.6) is 0 Å². The largest absolute Gasteiger partial charge is 0.465 e. The van der Waals surface area contributed by atoms with Crippen molar-refractivity contribution in [3.8, 4) is 0 Å². The van der Waals surface area contributed by atoms with Gasteiger partial charge in [-0.3, -0.25) is 9.59 Å². The lowest BCUT2D eigenvalue weighted by Gasteiger charge is -2.21. The molecule has 0 aliphatic heterocycles. The molecule has 6 nitrogen and oxygen atoms in total. The first-order valence-electron chi connectivity index (χ1n) is 8.88. The molecule has 148 valence electrons. The van der Waals surface area contributed by atoms with E-state index in [-0.39, 0.29) is 36.2 Å². The van der Waals surface area contributed by atoms with E-state index >= 15 is 0 Å². The molecular weight excluding hydrogens is 363 g/mol. The minimum Gasteiger partial charge on any atom is -0.465 e. The number of rotatable bonds is 8. The van der Waals surface area contributed by atoms with E-state index in [2.05, 4.69) is 5.32 Å². The average molecular weight is 386 g/mol. The Morgan fingerprint density at radius 3 is 2.39 bits per heavy atom. The number of carbonyl (C=O) groups is 3. The molecule has 0 aliphatic rings. The first-order valence-corrected chi connectivity index (χ1v) is 8.88. The van der Waals surface area contributed by atoms with Gasteiger partial charge in [0.1, 0.15) is 5.82 Å². The Morgan fingerprint density at radius 1 is 1.04 bits per heavy atom. The quantitative estimate of drug-likeness (QED) is 0.708. The van der Waals surface area contributed by atoms with E-state index in [1.807, 2.05) is 0 Å². The topological polar surface area (TPSA) is 75.7 Å². The van der Waals surface area contributed by atoms with E-state index < -0.39 is 5.97 Å². The predicted molar refractivity (Wildman–Crippen MR) is 103 cm³/mol. The fourth-order valence-electron chi connectivity index (χ4n) is 2.71. The van der Waals surface area contributed by atoms with Crippen LogP contribution in [0.1, 0.15) is 29.3 Å². The number of benzene rings is 2. The normalized spacial score (nSPS) is 10.2. The molecule has 28 heavy (non-hydrogen) atoms. The fourth-order valence-corrected chi connectivity index (χ4v) is 2.71. The second-order valence-corrected chi connectivity index (χ2v) is 6.18. The van der Waals surface area contributed by atoms with Crippen LogP contribution in [0.25, 0.3) is 0 Å². The van der Waals surface area contributed by atoms with Crippen LogP contribution in [-0.4, -0.2) is 42.9 Å². The summed E-state index contributed by atoms with van der Waals surface area (Å²) in [4.78, 5) is 37.4. The number of carbonyl (C=O) groups excluding carboxylic acids is 3. The molecule has 2 amide bonds. The minimum atomic E-state index is -0.550. The van der Waals surface area contributed by atoms with Gasteiger partial charge in [0.05, 0.1) is 18.4 Å². The van der Waals surface area contributed by atoms with Crippen molar-refractivity contribution in [2.24, 2.45) is 0 Å². The lowest BCUT2D eigenvalue weighted by molar-refractivity contribution is -0.129. The van der Waals surface area contributed by atoms with Crippen molar-refractivity contribution >= 4 is 23.5 Å². The Labute approximate surface area is 163 Å². The van der Waals surface area contributed by atoms with Crippen LogP contribution < -0.4 is 5.32 Å². The van der Waals surface area contributed by atoms with Gasteiger partial charge >= 0.3 is 5.97 Å². The standard InChI is InChI=1S/C21H23FN2O4/c1-15(25)24(13-11-16-7-3-5-9-18(16)22)14-12-20(26)23-19-10-6-4-8-17(19)21(27)28-2/h3-10H,11-14H2,1-2H3,(H,23,26). The highest BCUT2D eigenvalue weighted by Crippen LogP contribution is 2.16. The van der Waals surface area contributed by atoms with Gasteiger partial charge in [-0.1, -0.05) is 30.3 Å². The van der Waals surface area contributed by atoms with Crippen molar-refractivity contribution in [2.45, 2.75) is 19.8 Å². The molecule has 0 atom stereocenters. The fraction of sp³-hybridized carbons (Fsp3) is 0.286. The van der Waals surface area contributed by atoms with Gasteiger partial charge in [-0.15, -0.1) is 0 Å². The average Bonchev–Trinajstić information content (AvgIpc) is 2.68. The summed E-state index contributed by atoms with van der Waals surface area (Å²) in [6.45, 7) is 1.91. The van der Waals surface area contributed by atoms with Crippen LogP contribution in [0.15, 0.2) is 48.5 Å². The Balaban J connectivity index is 1.93. The van der Waals surface area contributed by atoms with Crippen LogP contribution in [0.3, 0.4) is 0 Å². The molecule has 0 radical (unpaired) electrons. The summed E-state index contributed by atoms with van der Waals surface area (Å²) in [7, 11) is 1.27. The third-order valence-electron chi connectivity index (χ3n) is 4.27.